The average molecular weight is 262 g/mol. The fraction of sp³-hybridized carbons (Fsp3) is 0.714. The predicted molar refractivity (Wildman–Crippen MR) is 75.6 cm³/mol. The standard InChI is InChI=1S/C14H22N4O/c1-2-15-14-17-12(10-5-6-10)8-13(18-14)16-9-11-4-3-7-19-11/h8,10-11H,2-7,9H2,1H3,(H2,15,16,17,18)/t11-/m0/s1. The van der Waals surface area contributed by atoms with Crippen LogP contribution in [0.5, 0.6) is 0 Å². The van der Waals surface area contributed by atoms with Crippen LogP contribution in [-0.2, 0) is 4.74 Å². The molecule has 3 rings (SSSR count). The van der Waals surface area contributed by atoms with Gasteiger partial charge in [-0.05, 0) is 32.6 Å². The van der Waals surface area contributed by atoms with Crippen LogP contribution < -0.4 is 10.6 Å². The molecule has 2 aliphatic rings. The molecule has 5 heteroatoms. The molecule has 2 fully saturated rings. The molecule has 1 saturated heterocycles. The summed E-state index contributed by atoms with van der Waals surface area (Å²) in [7, 11) is 0. The average Bonchev–Trinajstić information content (AvgIpc) is 3.14. The number of anilines is 2. The Kier molecular flexibility index (Phi) is 3.82. The van der Waals surface area contributed by atoms with Crippen LogP contribution in [0.25, 0.3) is 0 Å². The molecule has 0 aromatic carbocycles. The second kappa shape index (κ2) is 5.74. The van der Waals surface area contributed by atoms with Crippen molar-refractivity contribution in [1.82, 2.24) is 9.97 Å². The van der Waals surface area contributed by atoms with Crippen molar-refractivity contribution in [2.75, 3.05) is 30.3 Å². The topological polar surface area (TPSA) is 59.1 Å². The lowest BCUT2D eigenvalue weighted by atomic mass is 10.2. The van der Waals surface area contributed by atoms with E-state index in [1.165, 1.54) is 25.0 Å². The Morgan fingerprint density at radius 1 is 1.26 bits per heavy atom. The van der Waals surface area contributed by atoms with Gasteiger partial charge in [0.25, 0.3) is 0 Å². The highest BCUT2D eigenvalue weighted by atomic mass is 16.5. The van der Waals surface area contributed by atoms with E-state index in [0.29, 0.717) is 12.0 Å². The van der Waals surface area contributed by atoms with Crippen LogP contribution in [0.4, 0.5) is 11.8 Å². The van der Waals surface area contributed by atoms with Crippen molar-refractivity contribution in [3.63, 3.8) is 0 Å². The van der Waals surface area contributed by atoms with Crippen LogP contribution >= 0.6 is 0 Å². The van der Waals surface area contributed by atoms with Crippen molar-refractivity contribution < 1.29 is 4.74 Å². The molecule has 1 aromatic rings. The van der Waals surface area contributed by atoms with Crippen LogP contribution in [0.15, 0.2) is 6.07 Å². The second-order valence-electron chi connectivity index (χ2n) is 5.32. The number of nitrogens with one attached hydrogen (secondary N) is 2. The van der Waals surface area contributed by atoms with Gasteiger partial charge in [0, 0.05) is 31.7 Å². The largest absolute Gasteiger partial charge is 0.376 e. The van der Waals surface area contributed by atoms with Crippen molar-refractivity contribution in [1.29, 1.82) is 0 Å². The van der Waals surface area contributed by atoms with Gasteiger partial charge in [-0.15, -0.1) is 0 Å². The lowest BCUT2D eigenvalue weighted by molar-refractivity contribution is 0.120. The van der Waals surface area contributed by atoms with Crippen molar-refractivity contribution in [2.45, 2.75) is 44.6 Å². The van der Waals surface area contributed by atoms with Gasteiger partial charge in [-0.2, -0.15) is 4.98 Å². The summed E-state index contributed by atoms with van der Waals surface area (Å²) in [6, 6.07) is 2.09. The normalized spacial score (nSPS) is 22.5. The van der Waals surface area contributed by atoms with Gasteiger partial charge in [0.2, 0.25) is 5.95 Å². The minimum absolute atomic E-state index is 0.335. The van der Waals surface area contributed by atoms with E-state index < -0.39 is 0 Å². The van der Waals surface area contributed by atoms with E-state index in [4.69, 9.17) is 4.74 Å². The Morgan fingerprint density at radius 2 is 2.16 bits per heavy atom. The molecule has 0 amide bonds. The van der Waals surface area contributed by atoms with Gasteiger partial charge in [-0.3, -0.25) is 0 Å². The Balaban J connectivity index is 1.67. The molecule has 19 heavy (non-hydrogen) atoms. The van der Waals surface area contributed by atoms with Crippen LogP contribution in [0.3, 0.4) is 0 Å². The SMILES string of the molecule is CCNc1nc(NC[C@@H]2CCCO2)cc(C2CC2)n1. The van der Waals surface area contributed by atoms with Crippen molar-refractivity contribution in [3.8, 4) is 0 Å². The molecule has 0 unspecified atom stereocenters. The maximum Gasteiger partial charge on any atom is 0.224 e. The zero-order valence-corrected chi connectivity index (χ0v) is 11.5. The first-order valence-corrected chi connectivity index (χ1v) is 7.33. The smallest absolute Gasteiger partial charge is 0.224 e. The first kappa shape index (κ1) is 12.7. The summed E-state index contributed by atoms with van der Waals surface area (Å²) in [5.74, 6) is 2.30. The van der Waals surface area contributed by atoms with Crippen molar-refractivity contribution in [3.05, 3.63) is 11.8 Å². The number of nitrogens with zero attached hydrogens (tertiary/aromatic N) is 2. The molecule has 5 nitrogen and oxygen atoms in total. The van der Waals surface area contributed by atoms with Gasteiger partial charge in [-0.25, -0.2) is 4.98 Å². The summed E-state index contributed by atoms with van der Waals surface area (Å²) in [6.07, 6.45) is 5.17. The molecular weight excluding hydrogens is 240 g/mol. The maximum atomic E-state index is 5.62. The molecule has 1 aliphatic heterocycles. The lowest BCUT2D eigenvalue weighted by Gasteiger charge is -2.13. The summed E-state index contributed by atoms with van der Waals surface area (Å²) in [6.45, 7) is 4.64. The molecule has 0 radical (unpaired) electrons. The summed E-state index contributed by atoms with van der Waals surface area (Å²) < 4.78 is 5.62. The Morgan fingerprint density at radius 3 is 2.84 bits per heavy atom. The quantitative estimate of drug-likeness (QED) is 0.824. The molecule has 0 spiro atoms. The van der Waals surface area contributed by atoms with E-state index >= 15 is 0 Å². The zero-order valence-electron chi connectivity index (χ0n) is 11.5. The van der Waals surface area contributed by atoms with Crippen molar-refractivity contribution >= 4 is 11.8 Å². The lowest BCUT2D eigenvalue weighted by Crippen LogP contribution is -2.19. The number of hydrogen-bond acceptors (Lipinski definition) is 5. The van der Waals surface area contributed by atoms with Gasteiger partial charge < -0.3 is 15.4 Å². The molecule has 1 saturated carbocycles. The minimum Gasteiger partial charge on any atom is -0.376 e. The highest BCUT2D eigenvalue weighted by molar-refractivity contribution is 5.44. The molecule has 2 N–H and O–H groups in total. The van der Waals surface area contributed by atoms with Crippen LogP contribution in [0.2, 0.25) is 0 Å². The number of ether oxygens (including phenoxy) is 1. The Labute approximate surface area is 114 Å². The van der Waals surface area contributed by atoms with Gasteiger partial charge >= 0.3 is 0 Å². The first-order valence-electron chi connectivity index (χ1n) is 7.33. The predicted octanol–water partition coefficient (Wildman–Crippen LogP) is 2.38. The highest BCUT2D eigenvalue weighted by Crippen LogP contribution is 2.39. The van der Waals surface area contributed by atoms with E-state index in [1.807, 2.05) is 0 Å². The highest BCUT2D eigenvalue weighted by Gasteiger charge is 2.26. The molecule has 104 valence electrons. The summed E-state index contributed by atoms with van der Waals surface area (Å²) in [5.41, 5.74) is 1.17. The Hall–Kier alpha value is -1.36. The van der Waals surface area contributed by atoms with E-state index in [9.17, 15) is 0 Å². The van der Waals surface area contributed by atoms with Crippen LogP contribution in [0.1, 0.15) is 44.2 Å². The van der Waals surface area contributed by atoms with Crippen LogP contribution in [0, 0.1) is 0 Å². The molecule has 1 aromatic heterocycles. The van der Waals surface area contributed by atoms with E-state index in [1.54, 1.807) is 0 Å². The fourth-order valence-corrected chi connectivity index (χ4v) is 2.41. The number of hydrogen-bond donors (Lipinski definition) is 2. The fourth-order valence-electron chi connectivity index (χ4n) is 2.41. The summed E-state index contributed by atoms with van der Waals surface area (Å²) in [5, 5.41) is 6.60. The third-order valence-corrected chi connectivity index (χ3v) is 3.61. The number of rotatable bonds is 6. The first-order chi connectivity index (χ1) is 9.35. The molecular formula is C14H22N4O. The maximum absolute atomic E-state index is 5.62. The van der Waals surface area contributed by atoms with E-state index in [0.717, 1.165) is 37.9 Å². The molecule has 1 aliphatic carbocycles. The van der Waals surface area contributed by atoms with E-state index in [-0.39, 0.29) is 0 Å². The minimum atomic E-state index is 0.335. The summed E-state index contributed by atoms with van der Waals surface area (Å²) >= 11 is 0. The molecule has 2 heterocycles. The molecule has 1 atom stereocenters. The number of aromatic nitrogens is 2. The zero-order chi connectivity index (χ0) is 13.1. The third kappa shape index (κ3) is 3.35. The van der Waals surface area contributed by atoms with Gasteiger partial charge in [0.05, 0.1) is 11.8 Å². The van der Waals surface area contributed by atoms with E-state index in [2.05, 4.69) is 33.6 Å². The third-order valence-electron chi connectivity index (χ3n) is 3.61. The van der Waals surface area contributed by atoms with Gasteiger partial charge in [0.1, 0.15) is 5.82 Å². The Bertz CT molecular complexity index is 427. The van der Waals surface area contributed by atoms with Gasteiger partial charge in [0.15, 0.2) is 0 Å². The monoisotopic (exact) mass is 262 g/mol. The molecule has 0 bridgehead atoms. The van der Waals surface area contributed by atoms with Crippen LogP contribution in [-0.4, -0.2) is 35.8 Å². The van der Waals surface area contributed by atoms with Gasteiger partial charge in [-0.1, -0.05) is 0 Å². The van der Waals surface area contributed by atoms with Crippen molar-refractivity contribution in [2.24, 2.45) is 0 Å². The summed E-state index contributed by atoms with van der Waals surface area (Å²) in [4.78, 5) is 9.08. The second-order valence-corrected chi connectivity index (χ2v) is 5.32.